The third kappa shape index (κ3) is 9.88. The molecule has 4 rings (SSSR count). The van der Waals surface area contributed by atoms with Gasteiger partial charge >= 0.3 is 17.9 Å². The van der Waals surface area contributed by atoms with Crippen LogP contribution in [0.25, 0.3) is 0 Å². The quantitative estimate of drug-likeness (QED) is 0.194. The molecule has 0 aliphatic carbocycles. The van der Waals surface area contributed by atoms with Crippen LogP contribution in [0.1, 0.15) is 111 Å². The van der Waals surface area contributed by atoms with Gasteiger partial charge in [0.2, 0.25) is 5.60 Å². The van der Waals surface area contributed by atoms with E-state index in [0.29, 0.717) is 38.5 Å². The third-order valence-corrected chi connectivity index (χ3v) is 9.93. The Morgan fingerprint density at radius 3 is 2.30 bits per heavy atom. The molecule has 11 heteroatoms. The van der Waals surface area contributed by atoms with Crippen LogP contribution in [0.15, 0.2) is 24.3 Å². The number of aliphatic hydroxyl groups excluding tert-OH is 2. The maximum atomic E-state index is 13.7. The van der Waals surface area contributed by atoms with Crippen molar-refractivity contribution in [3.63, 3.8) is 0 Å². The van der Waals surface area contributed by atoms with Gasteiger partial charge in [0.05, 0.1) is 36.6 Å². The first-order valence-electron chi connectivity index (χ1n) is 17.8. The molecule has 0 spiro atoms. The van der Waals surface area contributed by atoms with Gasteiger partial charge < -0.3 is 39.0 Å². The first-order chi connectivity index (χ1) is 22.4. The highest BCUT2D eigenvalue weighted by Gasteiger charge is 2.65. The number of hydrogen-bond donors (Lipinski definition) is 3. The fourth-order valence-corrected chi connectivity index (χ4v) is 7.33. The molecule has 0 amide bonds. The largest absolute Gasteiger partial charge is 0.458 e. The van der Waals surface area contributed by atoms with Crippen LogP contribution in [0.5, 0.6) is 0 Å². The number of rotatable bonds is 8. The van der Waals surface area contributed by atoms with Crippen molar-refractivity contribution in [1.82, 2.24) is 0 Å². The Hall–Kier alpha value is -2.31. The lowest BCUT2D eigenvalue weighted by Crippen LogP contribution is -2.59. The second-order valence-electron chi connectivity index (χ2n) is 14.1. The lowest BCUT2D eigenvalue weighted by molar-refractivity contribution is -0.201. The summed E-state index contributed by atoms with van der Waals surface area (Å²) >= 11 is 0. The Bertz CT molecular complexity index is 1110. The minimum absolute atomic E-state index is 0.0300. The molecule has 47 heavy (non-hydrogen) atoms. The molecule has 0 radical (unpaired) electrons. The topological polar surface area (TPSA) is 158 Å². The van der Waals surface area contributed by atoms with Gasteiger partial charge in [0, 0.05) is 25.7 Å². The van der Waals surface area contributed by atoms with E-state index in [1.807, 2.05) is 25.2 Å². The third-order valence-electron chi connectivity index (χ3n) is 9.93. The molecule has 3 N–H and O–H groups in total. The molecule has 6 bridgehead atoms. The van der Waals surface area contributed by atoms with Gasteiger partial charge in [-0.25, -0.2) is 4.79 Å². The fraction of sp³-hybridized carbons (Fsp3) is 0.806. The zero-order valence-corrected chi connectivity index (χ0v) is 28.5. The van der Waals surface area contributed by atoms with Crippen molar-refractivity contribution in [2.45, 2.75) is 172 Å². The Morgan fingerprint density at radius 2 is 1.57 bits per heavy atom. The molecular weight excluding hydrogens is 608 g/mol. The molecule has 0 saturated carbocycles. The number of unbranched alkanes of at least 4 members (excludes halogenated alkanes) is 2. The normalized spacial score (nSPS) is 41.0. The first-order valence-corrected chi connectivity index (χ1v) is 17.8. The van der Waals surface area contributed by atoms with Gasteiger partial charge in [-0.2, -0.15) is 0 Å². The molecule has 3 fully saturated rings. The molecule has 4 aliphatic heterocycles. The van der Waals surface area contributed by atoms with E-state index in [0.717, 1.165) is 12.8 Å². The second kappa shape index (κ2) is 17.4. The number of esters is 3. The summed E-state index contributed by atoms with van der Waals surface area (Å²) in [6, 6.07) is 0. The van der Waals surface area contributed by atoms with Crippen molar-refractivity contribution in [3.05, 3.63) is 24.3 Å². The molecule has 11 nitrogen and oxygen atoms in total. The lowest BCUT2D eigenvalue weighted by atomic mass is 9.83. The van der Waals surface area contributed by atoms with Gasteiger partial charge in [-0.1, -0.05) is 64.8 Å². The predicted molar refractivity (Wildman–Crippen MR) is 172 cm³/mol. The Kier molecular flexibility index (Phi) is 13.9. The maximum Gasteiger partial charge on any atom is 0.346 e. The standard InChI is InChI=1S/C36H56O11/c1-5-7-9-15-33(40)46-31-20-26-19-24(37)18-25(43-26)16-22(3)13-10-8-11-14-28-23(4)17-29(44-28)27(38)21-30-34(47-32(39)12-6-2)36(31,42)35(41)45-30/h8,10-11,13,22-31,34,37-38,42H,5-7,9,12,14-21H2,1-4H3/b11-8-,13-10+/t22-,23-,24-,25+,26+,27-,28-,29-,30-,31+,34+,36+/m0/s1. The number of aliphatic hydroxyl groups is 3. The molecule has 0 aromatic carbocycles. The summed E-state index contributed by atoms with van der Waals surface area (Å²) in [5.74, 6) is -2.07. The summed E-state index contributed by atoms with van der Waals surface area (Å²) in [7, 11) is 0. The highest BCUT2D eigenvalue weighted by atomic mass is 16.6. The van der Waals surface area contributed by atoms with Crippen LogP contribution in [-0.4, -0.2) is 93.8 Å². The van der Waals surface area contributed by atoms with E-state index in [1.165, 1.54) is 0 Å². The average Bonchev–Trinajstić information content (AvgIpc) is 3.48. The smallest absolute Gasteiger partial charge is 0.346 e. The van der Waals surface area contributed by atoms with Gasteiger partial charge in [0.25, 0.3) is 0 Å². The zero-order valence-electron chi connectivity index (χ0n) is 28.5. The highest BCUT2D eigenvalue weighted by Crippen LogP contribution is 2.41. The number of hydrogen-bond acceptors (Lipinski definition) is 11. The molecule has 4 heterocycles. The van der Waals surface area contributed by atoms with E-state index in [9.17, 15) is 29.7 Å². The summed E-state index contributed by atoms with van der Waals surface area (Å²) in [5, 5.41) is 34.5. The van der Waals surface area contributed by atoms with Gasteiger partial charge in [0.15, 0.2) is 6.10 Å². The van der Waals surface area contributed by atoms with Crippen molar-refractivity contribution in [2.24, 2.45) is 11.8 Å². The van der Waals surface area contributed by atoms with Crippen molar-refractivity contribution < 1.29 is 53.4 Å². The fourth-order valence-electron chi connectivity index (χ4n) is 7.33. The van der Waals surface area contributed by atoms with Crippen LogP contribution in [0.2, 0.25) is 0 Å². The van der Waals surface area contributed by atoms with Crippen LogP contribution in [-0.2, 0) is 38.1 Å². The minimum atomic E-state index is -2.57. The molecule has 3 saturated heterocycles. The van der Waals surface area contributed by atoms with Gasteiger partial charge in [-0.15, -0.1) is 0 Å². The summed E-state index contributed by atoms with van der Waals surface area (Å²) in [5.41, 5.74) is -2.57. The zero-order chi connectivity index (χ0) is 34.1. The highest BCUT2D eigenvalue weighted by molar-refractivity contribution is 5.85. The van der Waals surface area contributed by atoms with Crippen LogP contribution in [0.3, 0.4) is 0 Å². The first kappa shape index (κ1) is 37.5. The van der Waals surface area contributed by atoms with E-state index in [-0.39, 0.29) is 56.1 Å². The molecular formula is C36H56O11. The van der Waals surface area contributed by atoms with Gasteiger partial charge in [-0.05, 0) is 56.8 Å². The number of allylic oxidation sites excluding steroid dienone is 3. The molecule has 266 valence electrons. The Morgan fingerprint density at radius 1 is 0.851 bits per heavy atom. The Balaban J connectivity index is 1.70. The monoisotopic (exact) mass is 664 g/mol. The van der Waals surface area contributed by atoms with E-state index < -0.39 is 66.2 Å². The average molecular weight is 665 g/mol. The number of ether oxygens (including phenoxy) is 5. The molecule has 0 aromatic rings. The van der Waals surface area contributed by atoms with E-state index in [4.69, 9.17) is 23.7 Å². The van der Waals surface area contributed by atoms with Crippen molar-refractivity contribution in [2.75, 3.05) is 0 Å². The number of carbonyl (C=O) groups is 3. The number of fused-ring (bicyclic) bond motifs is 6. The van der Waals surface area contributed by atoms with Gasteiger partial charge in [0.1, 0.15) is 12.2 Å². The summed E-state index contributed by atoms with van der Waals surface area (Å²) in [6.07, 6.45) is 5.43. The number of carbonyl (C=O) groups excluding carboxylic acids is 3. The second-order valence-corrected chi connectivity index (χ2v) is 14.1. The summed E-state index contributed by atoms with van der Waals surface area (Å²) < 4.78 is 30.0. The van der Waals surface area contributed by atoms with Crippen LogP contribution < -0.4 is 0 Å². The van der Waals surface area contributed by atoms with Crippen molar-refractivity contribution in [1.29, 1.82) is 0 Å². The van der Waals surface area contributed by atoms with E-state index in [2.05, 4.69) is 19.9 Å². The SMILES string of the molecule is CCCCCC(=O)O[C@@H]1C[C@H]2C[C@@H](O)C[C@@H](C[C@@H](C)/C=C/C=C\C[C@@H]3O[C@@H](C[C@@H]3C)[C@@H](O)C[C@@H]3OC(=O)[C@]1(O)[C@@H]3OC(=O)CCC)O2. The van der Waals surface area contributed by atoms with Crippen LogP contribution in [0.4, 0.5) is 0 Å². The molecule has 0 unspecified atom stereocenters. The summed E-state index contributed by atoms with van der Waals surface area (Å²) in [6.45, 7) is 7.94. The lowest BCUT2D eigenvalue weighted by Gasteiger charge is -2.39. The molecule has 0 aromatic heterocycles. The van der Waals surface area contributed by atoms with Crippen LogP contribution >= 0.6 is 0 Å². The molecule has 12 atom stereocenters. The van der Waals surface area contributed by atoms with Crippen LogP contribution in [0, 0.1) is 11.8 Å². The predicted octanol–water partition coefficient (Wildman–Crippen LogP) is 4.23. The minimum Gasteiger partial charge on any atom is -0.458 e. The van der Waals surface area contributed by atoms with E-state index >= 15 is 0 Å². The van der Waals surface area contributed by atoms with Crippen molar-refractivity contribution >= 4 is 17.9 Å². The van der Waals surface area contributed by atoms with Crippen molar-refractivity contribution in [3.8, 4) is 0 Å². The summed E-state index contributed by atoms with van der Waals surface area (Å²) in [4.78, 5) is 39.8. The van der Waals surface area contributed by atoms with E-state index in [1.54, 1.807) is 6.92 Å². The molecule has 4 aliphatic rings. The van der Waals surface area contributed by atoms with Gasteiger partial charge in [-0.3, -0.25) is 9.59 Å². The maximum absolute atomic E-state index is 13.7. The Labute approximate surface area is 279 Å².